The summed E-state index contributed by atoms with van der Waals surface area (Å²) in [4.78, 5) is 19.7. The van der Waals surface area contributed by atoms with Gasteiger partial charge in [-0.25, -0.2) is 0 Å². The van der Waals surface area contributed by atoms with Crippen molar-refractivity contribution >= 4 is 29.9 Å². The third-order valence-electron chi connectivity index (χ3n) is 6.16. The van der Waals surface area contributed by atoms with Crippen LogP contribution in [0.2, 0.25) is 5.02 Å². The molecule has 2 aliphatic heterocycles. The molecule has 31 heavy (non-hydrogen) atoms. The van der Waals surface area contributed by atoms with Crippen LogP contribution in [0, 0.1) is 0 Å². The average molecular weight is 474 g/mol. The Bertz CT molecular complexity index is 911. The first kappa shape index (κ1) is 23.8. The zero-order chi connectivity index (χ0) is 21.3. The SMILES string of the molecule is Cl.O=C(N[C@@H](c1cccnc1)C1CCC2CCCCN21)c1cccc(C(F)(F)F)c1Cl. The van der Waals surface area contributed by atoms with E-state index in [1.165, 1.54) is 18.6 Å². The number of hydrogen-bond acceptors (Lipinski definition) is 3. The van der Waals surface area contributed by atoms with Gasteiger partial charge < -0.3 is 5.32 Å². The summed E-state index contributed by atoms with van der Waals surface area (Å²) in [6.45, 7) is 0.965. The number of benzene rings is 1. The number of aromatic nitrogens is 1. The lowest BCUT2D eigenvalue weighted by molar-refractivity contribution is -0.137. The maximum absolute atomic E-state index is 13.2. The molecule has 2 aliphatic rings. The molecular formula is C22H24Cl2F3N3O. The Hall–Kier alpha value is -1.83. The van der Waals surface area contributed by atoms with Gasteiger partial charge in [0.25, 0.3) is 5.91 Å². The van der Waals surface area contributed by atoms with Crippen molar-refractivity contribution in [2.75, 3.05) is 6.54 Å². The first-order chi connectivity index (χ1) is 14.4. The molecule has 0 saturated carbocycles. The van der Waals surface area contributed by atoms with Crippen LogP contribution in [0.25, 0.3) is 0 Å². The second-order valence-electron chi connectivity index (χ2n) is 7.93. The first-order valence-electron chi connectivity index (χ1n) is 10.2. The van der Waals surface area contributed by atoms with E-state index in [0.29, 0.717) is 6.04 Å². The van der Waals surface area contributed by atoms with Gasteiger partial charge in [0.15, 0.2) is 0 Å². The van der Waals surface area contributed by atoms with Gasteiger partial charge in [-0.05, 0) is 56.0 Å². The number of carbonyl (C=O) groups excluding carboxylic acids is 1. The molecular weight excluding hydrogens is 450 g/mol. The summed E-state index contributed by atoms with van der Waals surface area (Å²) in [5.41, 5.74) is -0.342. The summed E-state index contributed by atoms with van der Waals surface area (Å²) in [5.74, 6) is -0.611. The summed E-state index contributed by atoms with van der Waals surface area (Å²) in [7, 11) is 0. The predicted octanol–water partition coefficient (Wildman–Crippen LogP) is 5.66. The third kappa shape index (κ3) is 4.99. The number of hydrogen-bond donors (Lipinski definition) is 1. The molecule has 1 aromatic heterocycles. The molecule has 3 heterocycles. The van der Waals surface area contributed by atoms with Crippen molar-refractivity contribution in [1.29, 1.82) is 0 Å². The Balaban J connectivity index is 0.00000272. The molecule has 0 aliphatic carbocycles. The fourth-order valence-corrected chi connectivity index (χ4v) is 5.08. The summed E-state index contributed by atoms with van der Waals surface area (Å²) in [6.07, 6.45) is 4.17. The van der Waals surface area contributed by atoms with Crippen molar-refractivity contribution in [3.8, 4) is 0 Å². The zero-order valence-electron chi connectivity index (χ0n) is 16.7. The Morgan fingerprint density at radius 3 is 2.68 bits per heavy atom. The fraction of sp³-hybridized carbons (Fsp3) is 0.455. The van der Waals surface area contributed by atoms with E-state index in [4.69, 9.17) is 11.6 Å². The molecule has 0 radical (unpaired) electrons. The number of fused-ring (bicyclic) bond motifs is 1. The Morgan fingerprint density at radius 1 is 1.16 bits per heavy atom. The molecule has 4 nitrogen and oxygen atoms in total. The highest BCUT2D eigenvalue weighted by atomic mass is 35.5. The average Bonchev–Trinajstić information content (AvgIpc) is 3.15. The number of nitrogens with zero attached hydrogens (tertiary/aromatic N) is 2. The van der Waals surface area contributed by atoms with Crippen molar-refractivity contribution in [3.63, 3.8) is 0 Å². The van der Waals surface area contributed by atoms with Crippen LogP contribution in [0.3, 0.4) is 0 Å². The van der Waals surface area contributed by atoms with Gasteiger partial charge in [0, 0.05) is 24.5 Å². The summed E-state index contributed by atoms with van der Waals surface area (Å²) in [6, 6.07) is 7.30. The predicted molar refractivity (Wildman–Crippen MR) is 116 cm³/mol. The van der Waals surface area contributed by atoms with Crippen molar-refractivity contribution in [2.45, 2.75) is 56.4 Å². The van der Waals surface area contributed by atoms with E-state index in [0.717, 1.165) is 43.9 Å². The second-order valence-corrected chi connectivity index (χ2v) is 8.31. The topological polar surface area (TPSA) is 45.2 Å². The van der Waals surface area contributed by atoms with Crippen molar-refractivity contribution in [2.24, 2.45) is 0 Å². The lowest BCUT2D eigenvalue weighted by Crippen LogP contribution is -2.47. The van der Waals surface area contributed by atoms with Gasteiger partial charge in [0.2, 0.25) is 0 Å². The van der Waals surface area contributed by atoms with Gasteiger partial charge in [-0.3, -0.25) is 14.7 Å². The van der Waals surface area contributed by atoms with E-state index in [1.807, 2.05) is 6.07 Å². The van der Waals surface area contributed by atoms with Crippen molar-refractivity contribution < 1.29 is 18.0 Å². The largest absolute Gasteiger partial charge is 0.417 e. The van der Waals surface area contributed by atoms with E-state index in [9.17, 15) is 18.0 Å². The number of pyridine rings is 1. The summed E-state index contributed by atoms with van der Waals surface area (Å²) in [5, 5.41) is 2.40. The number of amides is 1. The smallest absolute Gasteiger partial charge is 0.344 e. The van der Waals surface area contributed by atoms with Gasteiger partial charge in [-0.1, -0.05) is 30.2 Å². The van der Waals surface area contributed by atoms with Gasteiger partial charge >= 0.3 is 6.18 Å². The molecule has 2 fully saturated rings. The van der Waals surface area contributed by atoms with Crippen LogP contribution < -0.4 is 5.32 Å². The van der Waals surface area contributed by atoms with Gasteiger partial charge in [0.05, 0.1) is 22.2 Å². The molecule has 2 aromatic rings. The minimum Gasteiger partial charge on any atom is -0.344 e. The highest BCUT2D eigenvalue weighted by Crippen LogP contribution is 2.39. The molecule has 2 saturated heterocycles. The molecule has 1 N–H and O–H groups in total. The minimum atomic E-state index is -4.62. The molecule has 168 valence electrons. The van der Waals surface area contributed by atoms with E-state index in [-0.39, 0.29) is 30.1 Å². The van der Waals surface area contributed by atoms with E-state index < -0.39 is 22.7 Å². The monoisotopic (exact) mass is 473 g/mol. The standard InChI is InChI=1S/C22H23ClF3N3O.ClH/c23-19-16(7-3-8-17(19)22(24,25)26)21(30)28-20(14-5-4-11-27-13-14)18-10-9-15-6-1-2-12-29(15)18;/h3-5,7-8,11,13,15,18,20H,1-2,6,9-10,12H2,(H,28,30);1H/t15?,18?,20-;/m0./s1. The molecule has 0 bridgehead atoms. The van der Waals surface area contributed by atoms with Crippen LogP contribution in [-0.4, -0.2) is 34.4 Å². The van der Waals surface area contributed by atoms with Crippen LogP contribution in [0.4, 0.5) is 13.2 Å². The first-order valence-corrected chi connectivity index (χ1v) is 10.6. The van der Waals surface area contributed by atoms with Gasteiger partial charge in [0.1, 0.15) is 0 Å². The van der Waals surface area contributed by atoms with Gasteiger partial charge in [-0.15, -0.1) is 12.4 Å². The normalized spacial score (nSPS) is 22.3. The Labute approximate surface area is 190 Å². The van der Waals surface area contributed by atoms with Crippen LogP contribution in [0.1, 0.15) is 59.6 Å². The summed E-state index contributed by atoms with van der Waals surface area (Å²) < 4.78 is 39.7. The number of alkyl halides is 3. The third-order valence-corrected chi connectivity index (χ3v) is 6.57. The molecule has 1 aromatic carbocycles. The number of halogens is 5. The van der Waals surface area contributed by atoms with Crippen LogP contribution in [-0.2, 0) is 6.18 Å². The maximum atomic E-state index is 13.2. The van der Waals surface area contributed by atoms with Crippen LogP contribution in [0.15, 0.2) is 42.7 Å². The summed E-state index contributed by atoms with van der Waals surface area (Å²) >= 11 is 5.98. The minimum absolute atomic E-state index is 0. The number of carbonyl (C=O) groups is 1. The highest BCUT2D eigenvalue weighted by molar-refractivity contribution is 6.34. The Morgan fingerprint density at radius 2 is 1.97 bits per heavy atom. The van der Waals surface area contributed by atoms with E-state index in [1.54, 1.807) is 18.5 Å². The van der Waals surface area contributed by atoms with E-state index >= 15 is 0 Å². The molecule has 4 rings (SSSR count). The molecule has 1 amide bonds. The number of piperidine rings is 1. The number of nitrogens with one attached hydrogen (secondary N) is 1. The van der Waals surface area contributed by atoms with E-state index in [2.05, 4.69) is 15.2 Å². The fourth-order valence-electron chi connectivity index (χ4n) is 4.76. The highest BCUT2D eigenvalue weighted by Gasteiger charge is 2.41. The maximum Gasteiger partial charge on any atom is 0.417 e. The quantitative estimate of drug-likeness (QED) is 0.622. The molecule has 0 spiro atoms. The molecule has 3 atom stereocenters. The Kier molecular flexibility index (Phi) is 7.50. The second kappa shape index (κ2) is 9.76. The van der Waals surface area contributed by atoms with Crippen molar-refractivity contribution in [1.82, 2.24) is 15.2 Å². The lowest BCUT2D eigenvalue weighted by atomic mass is 9.97. The van der Waals surface area contributed by atoms with Gasteiger partial charge in [-0.2, -0.15) is 13.2 Å². The zero-order valence-corrected chi connectivity index (χ0v) is 18.3. The van der Waals surface area contributed by atoms with Crippen LogP contribution >= 0.6 is 24.0 Å². The lowest BCUT2D eigenvalue weighted by Gasteiger charge is -2.38. The van der Waals surface area contributed by atoms with Crippen LogP contribution in [0.5, 0.6) is 0 Å². The molecule has 9 heteroatoms. The number of rotatable bonds is 4. The molecule has 2 unspecified atom stereocenters. The van der Waals surface area contributed by atoms with Crippen molar-refractivity contribution in [3.05, 3.63) is 64.4 Å².